The van der Waals surface area contributed by atoms with Gasteiger partial charge >= 0.3 is 0 Å². The van der Waals surface area contributed by atoms with E-state index in [2.05, 4.69) is 37.9 Å². The van der Waals surface area contributed by atoms with Crippen molar-refractivity contribution in [2.24, 2.45) is 5.92 Å². The van der Waals surface area contributed by atoms with E-state index in [1.54, 1.807) is 0 Å². The molecule has 18 heavy (non-hydrogen) atoms. The minimum atomic E-state index is 0.431. The molecule has 2 rings (SSSR count). The molecule has 2 fully saturated rings. The Morgan fingerprint density at radius 1 is 1.22 bits per heavy atom. The van der Waals surface area contributed by atoms with E-state index < -0.39 is 0 Å². The van der Waals surface area contributed by atoms with E-state index in [4.69, 9.17) is 0 Å². The SMILES string of the molecule is CCCC1CN(C(CC)CC)C(C)(C2CC2)CN1. The highest BCUT2D eigenvalue weighted by molar-refractivity contribution is 5.06. The zero-order valence-corrected chi connectivity index (χ0v) is 12.8. The van der Waals surface area contributed by atoms with Gasteiger partial charge in [-0.15, -0.1) is 0 Å². The number of nitrogens with one attached hydrogen (secondary N) is 1. The Labute approximate surface area is 114 Å². The lowest BCUT2D eigenvalue weighted by Gasteiger charge is -2.52. The maximum atomic E-state index is 3.82. The Kier molecular flexibility index (Phi) is 4.71. The molecule has 1 saturated carbocycles. The van der Waals surface area contributed by atoms with Crippen molar-refractivity contribution in [1.29, 1.82) is 0 Å². The van der Waals surface area contributed by atoms with Crippen LogP contribution >= 0.6 is 0 Å². The van der Waals surface area contributed by atoms with Gasteiger partial charge in [0.1, 0.15) is 0 Å². The van der Waals surface area contributed by atoms with Crippen molar-refractivity contribution in [1.82, 2.24) is 10.2 Å². The van der Waals surface area contributed by atoms with E-state index in [1.165, 1.54) is 51.6 Å². The molecule has 0 aromatic carbocycles. The highest BCUT2D eigenvalue weighted by Gasteiger charge is 2.49. The molecule has 1 aliphatic heterocycles. The number of hydrogen-bond acceptors (Lipinski definition) is 2. The van der Waals surface area contributed by atoms with Gasteiger partial charge in [-0.05, 0) is 44.9 Å². The first kappa shape index (κ1) is 14.3. The molecule has 1 heterocycles. The van der Waals surface area contributed by atoms with Crippen LogP contribution in [0.5, 0.6) is 0 Å². The number of hydrogen-bond donors (Lipinski definition) is 1. The zero-order valence-electron chi connectivity index (χ0n) is 12.8. The summed E-state index contributed by atoms with van der Waals surface area (Å²) < 4.78 is 0. The molecule has 106 valence electrons. The summed E-state index contributed by atoms with van der Waals surface area (Å²) in [5, 5.41) is 3.82. The molecule has 0 aromatic rings. The monoisotopic (exact) mass is 252 g/mol. The van der Waals surface area contributed by atoms with Crippen molar-refractivity contribution >= 4 is 0 Å². The van der Waals surface area contributed by atoms with E-state index in [1.807, 2.05) is 0 Å². The first-order chi connectivity index (χ1) is 8.65. The third-order valence-electron chi connectivity index (χ3n) is 5.30. The number of piperazine rings is 1. The predicted molar refractivity (Wildman–Crippen MR) is 78.9 cm³/mol. The third-order valence-corrected chi connectivity index (χ3v) is 5.30. The van der Waals surface area contributed by atoms with Crippen molar-refractivity contribution in [3.05, 3.63) is 0 Å². The molecule has 0 bridgehead atoms. The second-order valence-corrected chi connectivity index (χ2v) is 6.62. The maximum absolute atomic E-state index is 3.82. The summed E-state index contributed by atoms with van der Waals surface area (Å²) in [7, 11) is 0. The molecule has 0 amide bonds. The van der Waals surface area contributed by atoms with Crippen molar-refractivity contribution in [3.63, 3.8) is 0 Å². The number of rotatable bonds is 6. The van der Waals surface area contributed by atoms with E-state index >= 15 is 0 Å². The van der Waals surface area contributed by atoms with Gasteiger partial charge in [0.25, 0.3) is 0 Å². The summed E-state index contributed by atoms with van der Waals surface area (Å²) in [4.78, 5) is 2.88. The smallest absolute Gasteiger partial charge is 0.0337 e. The molecule has 2 unspecified atom stereocenters. The normalized spacial score (nSPS) is 34.2. The first-order valence-corrected chi connectivity index (χ1v) is 8.15. The van der Waals surface area contributed by atoms with Crippen molar-refractivity contribution in [3.8, 4) is 0 Å². The second kappa shape index (κ2) is 5.92. The molecule has 1 aliphatic carbocycles. The average Bonchev–Trinajstić information content (AvgIpc) is 3.19. The third kappa shape index (κ3) is 2.75. The Hall–Kier alpha value is -0.0800. The van der Waals surface area contributed by atoms with E-state index in [-0.39, 0.29) is 0 Å². The van der Waals surface area contributed by atoms with Crippen molar-refractivity contribution in [2.75, 3.05) is 13.1 Å². The van der Waals surface area contributed by atoms with Gasteiger partial charge in [-0.2, -0.15) is 0 Å². The topological polar surface area (TPSA) is 15.3 Å². The second-order valence-electron chi connectivity index (χ2n) is 6.62. The Balaban J connectivity index is 2.09. The molecule has 0 aromatic heterocycles. The summed E-state index contributed by atoms with van der Waals surface area (Å²) >= 11 is 0. The minimum Gasteiger partial charge on any atom is -0.311 e. The molecule has 2 aliphatic rings. The van der Waals surface area contributed by atoms with E-state index in [0.29, 0.717) is 5.54 Å². The summed E-state index contributed by atoms with van der Waals surface area (Å²) in [6.45, 7) is 12.0. The maximum Gasteiger partial charge on any atom is 0.0337 e. The van der Waals surface area contributed by atoms with E-state index in [9.17, 15) is 0 Å². The van der Waals surface area contributed by atoms with Crippen molar-refractivity contribution < 1.29 is 0 Å². The van der Waals surface area contributed by atoms with Gasteiger partial charge < -0.3 is 5.32 Å². The average molecular weight is 252 g/mol. The Morgan fingerprint density at radius 3 is 2.39 bits per heavy atom. The van der Waals surface area contributed by atoms with Crippen LogP contribution in [-0.4, -0.2) is 35.6 Å². The fraction of sp³-hybridized carbons (Fsp3) is 1.00. The van der Waals surface area contributed by atoms with Gasteiger partial charge in [-0.3, -0.25) is 4.90 Å². The van der Waals surface area contributed by atoms with Crippen molar-refractivity contribution in [2.45, 2.75) is 83.8 Å². The fourth-order valence-corrected chi connectivity index (χ4v) is 3.88. The molecule has 0 spiro atoms. The molecule has 2 atom stereocenters. The molecule has 0 radical (unpaired) electrons. The molecule has 1 N–H and O–H groups in total. The molecule has 2 heteroatoms. The van der Waals surface area contributed by atoms with Crippen LogP contribution in [0, 0.1) is 5.92 Å². The van der Waals surface area contributed by atoms with Gasteiger partial charge in [-0.25, -0.2) is 0 Å². The molecular weight excluding hydrogens is 220 g/mol. The highest BCUT2D eigenvalue weighted by Crippen LogP contribution is 2.45. The standard InChI is InChI=1S/C16H32N2/c1-5-8-14-11-18(15(6-2)7-3)16(4,12-17-14)13-9-10-13/h13-15,17H,5-12H2,1-4H3. The molecular formula is C16H32N2. The summed E-state index contributed by atoms with van der Waals surface area (Å²) in [6.07, 6.45) is 8.14. The van der Waals surface area contributed by atoms with Gasteiger partial charge in [0.2, 0.25) is 0 Å². The Morgan fingerprint density at radius 2 is 1.89 bits per heavy atom. The summed E-state index contributed by atoms with van der Waals surface area (Å²) in [6, 6.07) is 1.51. The van der Waals surface area contributed by atoms with E-state index in [0.717, 1.165) is 18.0 Å². The van der Waals surface area contributed by atoms with Crippen LogP contribution in [0.15, 0.2) is 0 Å². The van der Waals surface area contributed by atoms with Gasteiger partial charge in [0.15, 0.2) is 0 Å². The van der Waals surface area contributed by atoms with Crippen LogP contribution < -0.4 is 5.32 Å². The summed E-state index contributed by atoms with van der Waals surface area (Å²) in [5.41, 5.74) is 0.431. The lowest BCUT2D eigenvalue weighted by Crippen LogP contribution is -2.66. The van der Waals surface area contributed by atoms with Gasteiger partial charge in [0.05, 0.1) is 0 Å². The molecule has 1 saturated heterocycles. The van der Waals surface area contributed by atoms with Gasteiger partial charge in [-0.1, -0.05) is 27.2 Å². The lowest BCUT2D eigenvalue weighted by molar-refractivity contribution is -0.00620. The first-order valence-electron chi connectivity index (χ1n) is 8.15. The summed E-state index contributed by atoms with van der Waals surface area (Å²) in [5.74, 6) is 0.952. The van der Waals surface area contributed by atoms with Crippen LogP contribution in [0.25, 0.3) is 0 Å². The zero-order chi connectivity index (χ0) is 13.2. The van der Waals surface area contributed by atoms with Crippen LogP contribution in [0.4, 0.5) is 0 Å². The lowest BCUT2D eigenvalue weighted by atomic mass is 9.86. The van der Waals surface area contributed by atoms with Crippen LogP contribution in [0.1, 0.15) is 66.2 Å². The largest absolute Gasteiger partial charge is 0.311 e. The van der Waals surface area contributed by atoms with Crippen LogP contribution in [-0.2, 0) is 0 Å². The molecule has 2 nitrogen and oxygen atoms in total. The quantitative estimate of drug-likeness (QED) is 0.779. The van der Waals surface area contributed by atoms with Gasteiger partial charge in [0, 0.05) is 30.7 Å². The fourth-order valence-electron chi connectivity index (χ4n) is 3.88. The Bertz CT molecular complexity index is 258. The highest BCUT2D eigenvalue weighted by atomic mass is 15.3. The predicted octanol–water partition coefficient (Wildman–Crippen LogP) is 3.42. The van der Waals surface area contributed by atoms with Crippen LogP contribution in [0.2, 0.25) is 0 Å². The number of nitrogens with zero attached hydrogens (tertiary/aromatic N) is 1. The van der Waals surface area contributed by atoms with Crippen LogP contribution in [0.3, 0.4) is 0 Å². The minimum absolute atomic E-state index is 0.431.